The van der Waals surface area contributed by atoms with Crippen molar-refractivity contribution < 1.29 is 20.4 Å². The minimum atomic E-state index is -0.110. The Labute approximate surface area is 267 Å². The maximum absolute atomic E-state index is 10.5. The largest absolute Gasteiger partial charge is 0.504 e. The molecule has 3 aromatic carbocycles. The van der Waals surface area contributed by atoms with Crippen LogP contribution in [0.1, 0.15) is 166 Å². The number of aryl methyl sites for hydroxylation is 2. The molecule has 4 N–H and O–H groups in total. The zero-order valence-corrected chi connectivity index (χ0v) is 28.1. The van der Waals surface area contributed by atoms with Crippen molar-refractivity contribution in [2.75, 3.05) is 0 Å². The van der Waals surface area contributed by atoms with Gasteiger partial charge in [0.1, 0.15) is 0 Å². The van der Waals surface area contributed by atoms with E-state index in [-0.39, 0.29) is 23.0 Å². The van der Waals surface area contributed by atoms with Crippen LogP contribution in [0.3, 0.4) is 0 Å². The molecule has 0 radical (unpaired) electrons. The lowest BCUT2D eigenvalue weighted by molar-refractivity contribution is 0.404. The third-order valence-corrected chi connectivity index (χ3v) is 9.59. The number of benzene rings is 3. The van der Waals surface area contributed by atoms with Crippen molar-refractivity contribution >= 4 is 21.5 Å². The third kappa shape index (κ3) is 11.4. The molecule has 0 atom stereocenters. The zero-order chi connectivity index (χ0) is 31.6. The summed E-state index contributed by atoms with van der Waals surface area (Å²) in [7, 11) is 0. The molecule has 44 heavy (non-hydrogen) atoms. The van der Waals surface area contributed by atoms with Gasteiger partial charge in [0.05, 0.1) is 0 Å². The van der Waals surface area contributed by atoms with Gasteiger partial charge in [0.2, 0.25) is 0 Å². The van der Waals surface area contributed by atoms with E-state index in [1.165, 1.54) is 116 Å². The van der Waals surface area contributed by atoms with Gasteiger partial charge in [-0.25, -0.2) is 0 Å². The molecule has 0 bridgehead atoms. The molecule has 0 spiro atoms. The molecule has 0 amide bonds. The van der Waals surface area contributed by atoms with Gasteiger partial charge in [-0.3, -0.25) is 0 Å². The Hall–Kier alpha value is -2.62. The number of aromatic hydroxyl groups is 4. The van der Waals surface area contributed by atoms with Crippen molar-refractivity contribution in [2.45, 2.75) is 168 Å². The maximum atomic E-state index is 10.5. The normalized spacial score (nSPS) is 11.7. The summed E-state index contributed by atoms with van der Waals surface area (Å²) in [5.74, 6) is -0.442. The maximum Gasteiger partial charge on any atom is 0.158 e. The number of unbranched alkanes of at least 4 members (excludes halogenated alkanes) is 20. The highest BCUT2D eigenvalue weighted by molar-refractivity contribution is 6.07. The molecule has 4 heteroatoms. The van der Waals surface area contributed by atoms with Gasteiger partial charge in [0.25, 0.3) is 0 Å². The second-order valence-corrected chi connectivity index (χ2v) is 13.3. The van der Waals surface area contributed by atoms with Gasteiger partial charge < -0.3 is 20.4 Å². The second kappa shape index (κ2) is 20.4. The van der Waals surface area contributed by atoms with Crippen molar-refractivity contribution in [1.82, 2.24) is 0 Å². The number of fused-ring (bicyclic) bond motifs is 2. The summed E-state index contributed by atoms with van der Waals surface area (Å²) in [6, 6.07) is 6.80. The first-order chi connectivity index (χ1) is 21.5. The van der Waals surface area contributed by atoms with Gasteiger partial charge in [0.15, 0.2) is 23.0 Å². The average Bonchev–Trinajstić information content (AvgIpc) is 3.01. The molecule has 4 nitrogen and oxygen atoms in total. The Bertz CT molecular complexity index is 1080. The van der Waals surface area contributed by atoms with Crippen LogP contribution in [0.4, 0.5) is 0 Å². The average molecular weight is 607 g/mol. The van der Waals surface area contributed by atoms with Gasteiger partial charge in [-0.15, -0.1) is 0 Å². The van der Waals surface area contributed by atoms with E-state index < -0.39 is 0 Å². The molecule has 0 aliphatic heterocycles. The Balaban J connectivity index is 1.65. The van der Waals surface area contributed by atoms with E-state index in [4.69, 9.17) is 0 Å². The first kappa shape index (κ1) is 35.9. The first-order valence-electron chi connectivity index (χ1n) is 18.3. The molecule has 0 fully saturated rings. The van der Waals surface area contributed by atoms with Crippen LogP contribution in [0, 0.1) is 0 Å². The van der Waals surface area contributed by atoms with Crippen LogP contribution >= 0.6 is 0 Å². The monoisotopic (exact) mass is 606 g/mol. The van der Waals surface area contributed by atoms with Crippen molar-refractivity contribution in [3.8, 4) is 23.0 Å². The quantitative estimate of drug-likeness (QED) is 0.0464. The van der Waals surface area contributed by atoms with Crippen LogP contribution in [0.5, 0.6) is 23.0 Å². The number of phenols is 4. The van der Waals surface area contributed by atoms with Gasteiger partial charge in [-0.2, -0.15) is 0 Å². The Morgan fingerprint density at radius 2 is 0.523 bits per heavy atom. The zero-order valence-electron chi connectivity index (χ0n) is 28.1. The molecule has 0 saturated heterocycles. The van der Waals surface area contributed by atoms with Gasteiger partial charge in [0, 0.05) is 0 Å². The molecule has 0 aromatic heterocycles. The van der Waals surface area contributed by atoms with Crippen LogP contribution in [-0.4, -0.2) is 20.4 Å². The summed E-state index contributed by atoms with van der Waals surface area (Å²) in [6.45, 7) is 4.53. The molecule has 0 aliphatic carbocycles. The van der Waals surface area contributed by atoms with Gasteiger partial charge in [-0.1, -0.05) is 142 Å². The second-order valence-electron chi connectivity index (χ2n) is 13.3. The molecule has 3 rings (SSSR count). The lowest BCUT2D eigenvalue weighted by atomic mass is 9.86. The predicted molar refractivity (Wildman–Crippen MR) is 188 cm³/mol. The SMILES string of the molecule is CCCCCCCCCCCCCc1c2cc(O)c(O)cc2c(CCCCCCCCCCCCC)c2cc(O)c(O)cc12. The standard InChI is InChI=1S/C40H62O4/c1-3-5-7-9-11-13-15-17-19-21-23-25-31-33-27-37(41)39(43)29-35(33)32(36-30-40(44)38(42)28-34(31)36)26-24-22-20-18-16-14-12-10-8-6-4-2/h27-30,41-44H,3-26H2,1-2H3. The van der Waals surface area contributed by atoms with E-state index in [9.17, 15) is 20.4 Å². The van der Waals surface area contributed by atoms with Crippen LogP contribution in [0.25, 0.3) is 21.5 Å². The van der Waals surface area contributed by atoms with E-state index in [1.807, 2.05) is 0 Å². The fraction of sp³-hybridized carbons (Fsp3) is 0.650. The summed E-state index contributed by atoms with van der Waals surface area (Å²) in [5, 5.41) is 45.8. The molecule has 246 valence electrons. The lowest BCUT2D eigenvalue weighted by Crippen LogP contribution is -1.98. The summed E-state index contributed by atoms with van der Waals surface area (Å²) < 4.78 is 0. The van der Waals surface area contributed by atoms with Crippen LogP contribution in [0.2, 0.25) is 0 Å². The first-order valence-corrected chi connectivity index (χ1v) is 18.3. The van der Waals surface area contributed by atoms with Crippen molar-refractivity contribution in [2.24, 2.45) is 0 Å². The van der Waals surface area contributed by atoms with Crippen molar-refractivity contribution in [1.29, 1.82) is 0 Å². The van der Waals surface area contributed by atoms with Crippen molar-refractivity contribution in [3.05, 3.63) is 35.4 Å². The predicted octanol–water partition coefficient (Wildman–Crippen LogP) is 12.5. The molecule has 0 aliphatic rings. The lowest BCUT2D eigenvalue weighted by Gasteiger charge is -2.19. The number of hydrogen-bond donors (Lipinski definition) is 4. The smallest absolute Gasteiger partial charge is 0.158 e. The van der Waals surface area contributed by atoms with Crippen molar-refractivity contribution in [3.63, 3.8) is 0 Å². The van der Waals surface area contributed by atoms with Crippen LogP contribution < -0.4 is 0 Å². The minimum Gasteiger partial charge on any atom is -0.504 e. The third-order valence-electron chi connectivity index (χ3n) is 9.59. The van der Waals surface area contributed by atoms with E-state index in [2.05, 4.69) is 13.8 Å². The Morgan fingerprint density at radius 1 is 0.318 bits per heavy atom. The summed E-state index contributed by atoms with van der Waals surface area (Å²) in [6.07, 6.45) is 29.8. The molecular formula is C40H62O4. The summed E-state index contributed by atoms with van der Waals surface area (Å²) in [4.78, 5) is 0. The highest BCUT2D eigenvalue weighted by Crippen LogP contribution is 2.43. The van der Waals surface area contributed by atoms with E-state index >= 15 is 0 Å². The molecule has 3 aromatic rings. The molecule has 0 unspecified atom stereocenters. The highest BCUT2D eigenvalue weighted by atomic mass is 16.3. The van der Waals surface area contributed by atoms with E-state index in [0.29, 0.717) is 0 Å². The summed E-state index contributed by atoms with van der Waals surface area (Å²) in [5.41, 5.74) is 2.17. The Morgan fingerprint density at radius 3 is 0.750 bits per heavy atom. The van der Waals surface area contributed by atoms with Gasteiger partial charge in [-0.05, 0) is 82.6 Å². The fourth-order valence-electron chi connectivity index (χ4n) is 6.91. The number of phenolic OH excluding ortho intramolecular Hbond substituents is 4. The summed E-state index contributed by atoms with van der Waals surface area (Å²) >= 11 is 0. The highest BCUT2D eigenvalue weighted by Gasteiger charge is 2.18. The molecule has 0 saturated carbocycles. The number of rotatable bonds is 24. The van der Waals surface area contributed by atoms with Crippen LogP contribution in [0.15, 0.2) is 24.3 Å². The molecular weight excluding hydrogens is 544 g/mol. The van der Waals surface area contributed by atoms with E-state index in [0.717, 1.165) is 71.2 Å². The van der Waals surface area contributed by atoms with Crippen LogP contribution in [-0.2, 0) is 12.8 Å². The number of hydrogen-bond acceptors (Lipinski definition) is 4. The van der Waals surface area contributed by atoms with E-state index in [1.54, 1.807) is 24.3 Å². The Kier molecular flexibility index (Phi) is 16.6. The molecule has 0 heterocycles. The topological polar surface area (TPSA) is 80.9 Å². The fourth-order valence-corrected chi connectivity index (χ4v) is 6.91. The van der Waals surface area contributed by atoms with Gasteiger partial charge >= 0.3 is 0 Å². The minimum absolute atomic E-state index is 0.110.